The molecule has 1 N–H and O–H groups in total. The number of aromatic nitrogens is 3. The molecule has 1 aliphatic carbocycles. The molecule has 0 amide bonds. The molecule has 5 heteroatoms. The molecule has 0 radical (unpaired) electrons. The molecule has 1 aromatic rings. The Balaban J connectivity index is 2.06. The van der Waals surface area contributed by atoms with Gasteiger partial charge in [-0.1, -0.05) is 0 Å². The smallest absolute Gasteiger partial charge is 0.375 e. The van der Waals surface area contributed by atoms with Gasteiger partial charge in [0.15, 0.2) is 0 Å². The lowest BCUT2D eigenvalue weighted by Crippen LogP contribution is -2.04. The second-order valence-electron chi connectivity index (χ2n) is 3.04. The molecule has 1 aliphatic rings. The molecule has 2 rings (SSSR count). The summed E-state index contributed by atoms with van der Waals surface area (Å²) in [5, 5.41) is 12.3. The minimum absolute atomic E-state index is 0.115. The third kappa shape index (κ3) is 1.44. The Bertz CT molecular complexity index is 303. The molecular weight excluding hydrogens is 158 g/mol. The van der Waals surface area contributed by atoms with Crippen LogP contribution in [0, 0.1) is 5.92 Å². The van der Waals surface area contributed by atoms with Crippen LogP contribution in [0.5, 0.6) is 0 Å². The Morgan fingerprint density at radius 1 is 1.75 bits per heavy atom. The number of aromatic carboxylic acids is 1. The van der Waals surface area contributed by atoms with Gasteiger partial charge in [0, 0.05) is 6.54 Å². The summed E-state index contributed by atoms with van der Waals surface area (Å²) < 4.78 is 1.60. The van der Waals surface area contributed by atoms with Gasteiger partial charge in [-0.15, -0.1) is 5.10 Å². The Labute approximate surface area is 69.0 Å². The van der Waals surface area contributed by atoms with Crippen LogP contribution in [-0.2, 0) is 6.54 Å². The first-order valence-corrected chi connectivity index (χ1v) is 3.88. The van der Waals surface area contributed by atoms with Gasteiger partial charge in [-0.25, -0.2) is 9.78 Å². The lowest BCUT2D eigenvalue weighted by atomic mass is 10.4. The Morgan fingerprint density at radius 3 is 3.00 bits per heavy atom. The molecular formula is C7H9N3O2. The highest BCUT2D eigenvalue weighted by atomic mass is 16.4. The number of carbonyl (C=O) groups is 1. The van der Waals surface area contributed by atoms with E-state index in [1.54, 1.807) is 4.68 Å². The van der Waals surface area contributed by atoms with E-state index in [-0.39, 0.29) is 5.82 Å². The molecule has 0 spiro atoms. The molecule has 0 bridgehead atoms. The van der Waals surface area contributed by atoms with Crippen LogP contribution >= 0.6 is 0 Å². The average molecular weight is 167 g/mol. The Morgan fingerprint density at radius 2 is 2.50 bits per heavy atom. The van der Waals surface area contributed by atoms with Crippen LogP contribution in [0.1, 0.15) is 23.5 Å². The number of carboxylic acids is 1. The van der Waals surface area contributed by atoms with Crippen LogP contribution in [0.3, 0.4) is 0 Å². The first-order valence-electron chi connectivity index (χ1n) is 3.88. The molecule has 1 heterocycles. The van der Waals surface area contributed by atoms with Crippen molar-refractivity contribution in [2.24, 2.45) is 5.92 Å². The minimum atomic E-state index is -1.07. The summed E-state index contributed by atoms with van der Waals surface area (Å²) in [5.41, 5.74) is 0. The van der Waals surface area contributed by atoms with Crippen molar-refractivity contribution in [3.63, 3.8) is 0 Å². The number of nitrogens with zero attached hydrogens (tertiary/aromatic N) is 3. The van der Waals surface area contributed by atoms with E-state index >= 15 is 0 Å². The van der Waals surface area contributed by atoms with Gasteiger partial charge >= 0.3 is 5.97 Å². The highest BCUT2D eigenvalue weighted by molar-refractivity contribution is 5.82. The van der Waals surface area contributed by atoms with E-state index in [0.29, 0.717) is 5.92 Å². The predicted molar refractivity (Wildman–Crippen MR) is 39.7 cm³/mol. The van der Waals surface area contributed by atoms with Gasteiger partial charge in [0.25, 0.3) is 5.82 Å². The van der Waals surface area contributed by atoms with E-state index in [2.05, 4.69) is 10.1 Å². The average Bonchev–Trinajstić information content (AvgIpc) is 2.66. The van der Waals surface area contributed by atoms with E-state index in [1.807, 2.05) is 0 Å². The third-order valence-corrected chi connectivity index (χ3v) is 1.87. The number of rotatable bonds is 3. The molecule has 0 saturated heterocycles. The summed E-state index contributed by atoms with van der Waals surface area (Å²) in [5.74, 6) is -0.492. The van der Waals surface area contributed by atoms with E-state index in [4.69, 9.17) is 5.11 Å². The van der Waals surface area contributed by atoms with Crippen molar-refractivity contribution >= 4 is 5.97 Å². The molecule has 1 aromatic heterocycles. The second-order valence-corrected chi connectivity index (χ2v) is 3.04. The van der Waals surface area contributed by atoms with Gasteiger partial charge in [0.2, 0.25) is 0 Å². The molecule has 0 aliphatic heterocycles. The van der Waals surface area contributed by atoms with Crippen LogP contribution in [0.4, 0.5) is 0 Å². The standard InChI is InChI=1S/C7H9N3O2/c11-7(12)6-8-4-10(9-6)3-5-1-2-5/h4-5H,1-3H2,(H,11,12). The fraction of sp³-hybridized carbons (Fsp3) is 0.571. The third-order valence-electron chi connectivity index (χ3n) is 1.87. The van der Waals surface area contributed by atoms with E-state index in [1.165, 1.54) is 19.2 Å². The summed E-state index contributed by atoms with van der Waals surface area (Å²) in [4.78, 5) is 14.0. The molecule has 0 aromatic carbocycles. The topological polar surface area (TPSA) is 68.0 Å². The SMILES string of the molecule is O=C(O)c1ncn(CC2CC2)n1. The maximum Gasteiger partial charge on any atom is 0.375 e. The number of hydrogen-bond donors (Lipinski definition) is 1. The van der Waals surface area contributed by atoms with Gasteiger partial charge in [0.1, 0.15) is 6.33 Å². The monoisotopic (exact) mass is 167 g/mol. The molecule has 0 atom stereocenters. The fourth-order valence-electron chi connectivity index (χ4n) is 1.05. The summed E-state index contributed by atoms with van der Waals surface area (Å²) in [6, 6.07) is 0. The molecule has 12 heavy (non-hydrogen) atoms. The van der Waals surface area contributed by atoms with Crippen molar-refractivity contribution < 1.29 is 9.90 Å². The normalized spacial score (nSPS) is 16.3. The van der Waals surface area contributed by atoms with Crippen molar-refractivity contribution in [2.75, 3.05) is 0 Å². The zero-order valence-corrected chi connectivity index (χ0v) is 6.47. The summed E-state index contributed by atoms with van der Waals surface area (Å²) in [6.45, 7) is 0.806. The number of hydrogen-bond acceptors (Lipinski definition) is 3. The molecule has 0 unspecified atom stereocenters. The van der Waals surface area contributed by atoms with Gasteiger partial charge < -0.3 is 5.11 Å². The first-order chi connectivity index (χ1) is 5.75. The minimum Gasteiger partial charge on any atom is -0.475 e. The highest BCUT2D eigenvalue weighted by Gasteiger charge is 2.22. The Hall–Kier alpha value is -1.39. The van der Waals surface area contributed by atoms with Crippen molar-refractivity contribution in [1.29, 1.82) is 0 Å². The summed E-state index contributed by atoms with van der Waals surface area (Å²) in [7, 11) is 0. The maximum atomic E-state index is 10.4. The summed E-state index contributed by atoms with van der Waals surface area (Å²) in [6.07, 6.45) is 3.92. The zero-order chi connectivity index (χ0) is 8.55. The molecule has 64 valence electrons. The van der Waals surface area contributed by atoms with Gasteiger partial charge in [-0.3, -0.25) is 4.68 Å². The van der Waals surface area contributed by atoms with E-state index in [0.717, 1.165) is 6.54 Å². The molecule has 5 nitrogen and oxygen atoms in total. The van der Waals surface area contributed by atoms with Crippen LogP contribution in [-0.4, -0.2) is 25.8 Å². The van der Waals surface area contributed by atoms with E-state index < -0.39 is 5.97 Å². The van der Waals surface area contributed by atoms with Crippen LogP contribution in [0.2, 0.25) is 0 Å². The Kier molecular flexibility index (Phi) is 1.56. The lowest BCUT2D eigenvalue weighted by molar-refractivity contribution is 0.0683. The van der Waals surface area contributed by atoms with Crippen molar-refractivity contribution in [2.45, 2.75) is 19.4 Å². The highest BCUT2D eigenvalue weighted by Crippen LogP contribution is 2.30. The van der Waals surface area contributed by atoms with Gasteiger partial charge in [-0.05, 0) is 18.8 Å². The van der Waals surface area contributed by atoms with Crippen LogP contribution in [0.15, 0.2) is 6.33 Å². The predicted octanol–water partition coefficient (Wildman–Crippen LogP) is 0.386. The van der Waals surface area contributed by atoms with Crippen molar-refractivity contribution in [3.8, 4) is 0 Å². The quantitative estimate of drug-likeness (QED) is 0.706. The van der Waals surface area contributed by atoms with Crippen molar-refractivity contribution in [1.82, 2.24) is 14.8 Å². The first kappa shape index (κ1) is 7.27. The van der Waals surface area contributed by atoms with Gasteiger partial charge in [-0.2, -0.15) is 0 Å². The lowest BCUT2D eigenvalue weighted by Gasteiger charge is -1.94. The maximum absolute atomic E-state index is 10.4. The number of carboxylic acid groups (broad SMARTS) is 1. The second kappa shape index (κ2) is 2.58. The summed E-state index contributed by atoms with van der Waals surface area (Å²) >= 11 is 0. The molecule has 1 saturated carbocycles. The zero-order valence-electron chi connectivity index (χ0n) is 6.47. The van der Waals surface area contributed by atoms with Crippen LogP contribution in [0.25, 0.3) is 0 Å². The van der Waals surface area contributed by atoms with E-state index in [9.17, 15) is 4.79 Å². The molecule has 1 fully saturated rings. The largest absolute Gasteiger partial charge is 0.475 e. The van der Waals surface area contributed by atoms with Crippen LogP contribution < -0.4 is 0 Å². The fourth-order valence-corrected chi connectivity index (χ4v) is 1.05. The van der Waals surface area contributed by atoms with Crippen molar-refractivity contribution in [3.05, 3.63) is 12.2 Å². The van der Waals surface area contributed by atoms with Gasteiger partial charge in [0.05, 0.1) is 0 Å².